The van der Waals surface area contributed by atoms with Crippen LogP contribution in [0.15, 0.2) is 48.5 Å². The van der Waals surface area contributed by atoms with Crippen LogP contribution in [-0.2, 0) is 4.79 Å². The lowest BCUT2D eigenvalue weighted by molar-refractivity contribution is -0.141. The number of ether oxygens (including phenoxy) is 3. The summed E-state index contributed by atoms with van der Waals surface area (Å²) >= 11 is 0. The van der Waals surface area contributed by atoms with Crippen LogP contribution in [0, 0.1) is 6.92 Å². The maximum absolute atomic E-state index is 12.1. The Balaban J connectivity index is 1.88. The van der Waals surface area contributed by atoms with Crippen molar-refractivity contribution in [1.82, 2.24) is 0 Å². The number of hydrogen-bond acceptors (Lipinski definition) is 4. The van der Waals surface area contributed by atoms with Crippen LogP contribution in [0.2, 0.25) is 0 Å². The van der Waals surface area contributed by atoms with Crippen molar-refractivity contribution in [2.75, 3.05) is 6.61 Å². The van der Waals surface area contributed by atoms with Crippen LogP contribution in [0.25, 0.3) is 0 Å². The third-order valence-corrected chi connectivity index (χ3v) is 3.18. The molecular formula is C19H22O4. The van der Waals surface area contributed by atoms with Crippen molar-refractivity contribution in [2.45, 2.75) is 33.3 Å². The second-order valence-corrected chi connectivity index (χ2v) is 5.31. The van der Waals surface area contributed by atoms with Crippen LogP contribution in [0.3, 0.4) is 0 Å². The number of esters is 1. The van der Waals surface area contributed by atoms with E-state index < -0.39 is 12.1 Å². The maximum atomic E-state index is 12.1. The van der Waals surface area contributed by atoms with Crippen molar-refractivity contribution in [1.29, 1.82) is 0 Å². The van der Waals surface area contributed by atoms with Gasteiger partial charge in [-0.05, 0) is 56.7 Å². The van der Waals surface area contributed by atoms with Gasteiger partial charge in [0.15, 0.2) is 6.10 Å². The molecule has 0 aliphatic carbocycles. The normalized spacial score (nSPS) is 11.6. The van der Waals surface area contributed by atoms with Gasteiger partial charge in [-0.2, -0.15) is 0 Å². The summed E-state index contributed by atoms with van der Waals surface area (Å²) in [7, 11) is 0. The highest BCUT2D eigenvalue weighted by Crippen LogP contribution is 2.19. The third kappa shape index (κ3) is 5.33. The van der Waals surface area contributed by atoms with E-state index in [0.717, 1.165) is 17.7 Å². The van der Waals surface area contributed by atoms with E-state index in [2.05, 4.69) is 0 Å². The zero-order valence-electron chi connectivity index (χ0n) is 13.7. The number of hydrogen-bond donors (Lipinski definition) is 0. The molecule has 0 aromatic heterocycles. The molecule has 0 saturated carbocycles. The van der Waals surface area contributed by atoms with Gasteiger partial charge < -0.3 is 14.2 Å². The largest absolute Gasteiger partial charge is 0.494 e. The van der Waals surface area contributed by atoms with Gasteiger partial charge in [-0.25, -0.2) is 4.79 Å². The minimum atomic E-state index is -0.686. The molecule has 0 bridgehead atoms. The number of aryl methyl sites for hydroxylation is 1. The molecule has 0 fully saturated rings. The Hall–Kier alpha value is -2.49. The van der Waals surface area contributed by atoms with Gasteiger partial charge in [-0.15, -0.1) is 0 Å². The first kappa shape index (κ1) is 16.9. The molecule has 0 amide bonds. The van der Waals surface area contributed by atoms with Gasteiger partial charge in [0.2, 0.25) is 0 Å². The molecule has 0 radical (unpaired) electrons. The van der Waals surface area contributed by atoms with Gasteiger partial charge in [0.1, 0.15) is 17.2 Å². The van der Waals surface area contributed by atoms with Crippen molar-refractivity contribution in [3.05, 3.63) is 54.1 Å². The summed E-state index contributed by atoms with van der Waals surface area (Å²) in [4.78, 5) is 12.1. The molecule has 4 heteroatoms. The molecule has 0 aliphatic rings. The average Bonchev–Trinajstić information content (AvgIpc) is 2.56. The summed E-state index contributed by atoms with van der Waals surface area (Å²) in [5, 5.41) is 0. The molecule has 122 valence electrons. The molecule has 23 heavy (non-hydrogen) atoms. The zero-order valence-corrected chi connectivity index (χ0v) is 13.7. The zero-order chi connectivity index (χ0) is 16.7. The third-order valence-electron chi connectivity index (χ3n) is 3.18. The summed E-state index contributed by atoms with van der Waals surface area (Å²) < 4.78 is 16.4. The Morgan fingerprint density at radius 2 is 1.52 bits per heavy atom. The van der Waals surface area contributed by atoms with Gasteiger partial charge in [0.05, 0.1) is 6.61 Å². The van der Waals surface area contributed by atoms with Gasteiger partial charge in [0, 0.05) is 0 Å². The predicted molar refractivity (Wildman–Crippen MR) is 89.1 cm³/mol. The monoisotopic (exact) mass is 314 g/mol. The molecule has 2 aromatic rings. The smallest absolute Gasteiger partial charge is 0.352 e. The number of carbonyl (C=O) groups excluding carboxylic acids is 1. The highest BCUT2D eigenvalue weighted by atomic mass is 16.6. The summed E-state index contributed by atoms with van der Waals surface area (Å²) in [6.07, 6.45) is 0.263. The molecule has 0 aliphatic heterocycles. The van der Waals surface area contributed by atoms with Gasteiger partial charge in [-0.1, -0.05) is 24.6 Å². The summed E-state index contributed by atoms with van der Waals surface area (Å²) in [6.45, 7) is 6.38. The van der Waals surface area contributed by atoms with Crippen molar-refractivity contribution in [2.24, 2.45) is 0 Å². The minimum absolute atomic E-state index is 0.437. The Bertz CT molecular complexity index is 617. The van der Waals surface area contributed by atoms with Gasteiger partial charge in [0.25, 0.3) is 0 Å². The highest BCUT2D eigenvalue weighted by Gasteiger charge is 2.17. The lowest BCUT2D eigenvalue weighted by Gasteiger charge is -2.14. The van der Waals surface area contributed by atoms with Crippen molar-refractivity contribution in [3.63, 3.8) is 0 Å². The fourth-order valence-electron chi connectivity index (χ4n) is 1.89. The fraction of sp³-hybridized carbons (Fsp3) is 0.316. The predicted octanol–water partition coefficient (Wildman–Crippen LogP) is 4.16. The molecule has 0 spiro atoms. The second kappa shape index (κ2) is 8.22. The lowest BCUT2D eigenvalue weighted by atomic mass is 10.2. The molecule has 1 unspecified atom stereocenters. The Kier molecular flexibility index (Phi) is 6.03. The van der Waals surface area contributed by atoms with Gasteiger partial charge in [-0.3, -0.25) is 0 Å². The molecule has 2 aromatic carbocycles. The Morgan fingerprint density at radius 1 is 0.957 bits per heavy atom. The molecule has 0 saturated heterocycles. The van der Waals surface area contributed by atoms with Crippen LogP contribution < -0.4 is 14.2 Å². The SMILES string of the molecule is CCCOc1ccc(OC(=O)C(C)Oc2ccc(C)cc2)cc1. The standard InChI is InChI=1S/C19H22O4/c1-4-13-21-16-9-11-18(12-10-16)23-19(20)15(3)22-17-7-5-14(2)6-8-17/h5-12,15H,4,13H2,1-3H3. The van der Waals surface area contributed by atoms with Crippen molar-refractivity contribution in [3.8, 4) is 17.2 Å². The number of rotatable bonds is 7. The highest BCUT2D eigenvalue weighted by molar-refractivity contribution is 5.77. The van der Waals surface area contributed by atoms with E-state index in [-0.39, 0.29) is 0 Å². The van der Waals surface area contributed by atoms with E-state index in [0.29, 0.717) is 18.1 Å². The van der Waals surface area contributed by atoms with Crippen LogP contribution in [-0.4, -0.2) is 18.7 Å². The summed E-state index contributed by atoms with van der Waals surface area (Å²) in [5.74, 6) is 1.44. The summed E-state index contributed by atoms with van der Waals surface area (Å²) in [5.41, 5.74) is 1.14. The Labute approximate surface area is 137 Å². The average molecular weight is 314 g/mol. The van der Waals surface area contributed by atoms with E-state index in [1.165, 1.54) is 0 Å². The first-order chi connectivity index (χ1) is 11.1. The maximum Gasteiger partial charge on any atom is 0.352 e. The van der Waals surface area contributed by atoms with Crippen LogP contribution >= 0.6 is 0 Å². The minimum Gasteiger partial charge on any atom is -0.494 e. The van der Waals surface area contributed by atoms with E-state index in [1.54, 1.807) is 31.2 Å². The lowest BCUT2D eigenvalue weighted by Crippen LogP contribution is -2.28. The van der Waals surface area contributed by atoms with Crippen LogP contribution in [0.4, 0.5) is 0 Å². The number of carbonyl (C=O) groups is 1. The van der Waals surface area contributed by atoms with Crippen LogP contribution in [0.1, 0.15) is 25.8 Å². The van der Waals surface area contributed by atoms with Crippen molar-refractivity contribution < 1.29 is 19.0 Å². The molecule has 1 atom stereocenters. The van der Waals surface area contributed by atoms with E-state index in [9.17, 15) is 4.79 Å². The first-order valence-electron chi connectivity index (χ1n) is 7.76. The van der Waals surface area contributed by atoms with E-state index in [1.807, 2.05) is 38.1 Å². The van der Waals surface area contributed by atoms with E-state index >= 15 is 0 Å². The molecule has 0 heterocycles. The van der Waals surface area contributed by atoms with Crippen LogP contribution in [0.5, 0.6) is 17.2 Å². The van der Waals surface area contributed by atoms with E-state index in [4.69, 9.17) is 14.2 Å². The Morgan fingerprint density at radius 3 is 2.13 bits per heavy atom. The van der Waals surface area contributed by atoms with Crippen molar-refractivity contribution >= 4 is 5.97 Å². The molecule has 0 N–H and O–H groups in total. The first-order valence-corrected chi connectivity index (χ1v) is 7.76. The number of benzene rings is 2. The molecule has 2 rings (SSSR count). The quantitative estimate of drug-likeness (QED) is 0.569. The molecule has 4 nitrogen and oxygen atoms in total. The van der Waals surface area contributed by atoms with Gasteiger partial charge >= 0.3 is 5.97 Å². The second-order valence-electron chi connectivity index (χ2n) is 5.31. The fourth-order valence-corrected chi connectivity index (χ4v) is 1.89. The topological polar surface area (TPSA) is 44.8 Å². The molecular weight excluding hydrogens is 292 g/mol. The summed E-state index contributed by atoms with van der Waals surface area (Å²) in [6, 6.07) is 14.5.